The van der Waals surface area contributed by atoms with Crippen LogP contribution in [0.5, 0.6) is 0 Å². The number of benzene rings is 1. The number of carbonyl (C=O) groups is 1. The first-order valence-corrected chi connectivity index (χ1v) is 12.2. The number of anilines is 1. The minimum Gasteiger partial charge on any atom is -0.339 e. The van der Waals surface area contributed by atoms with Crippen LogP contribution in [0.4, 0.5) is 5.95 Å². The fourth-order valence-electron chi connectivity index (χ4n) is 4.22. The highest BCUT2D eigenvalue weighted by Crippen LogP contribution is 2.23. The van der Waals surface area contributed by atoms with Gasteiger partial charge in [-0.1, -0.05) is 0 Å². The topological polar surface area (TPSA) is 86.7 Å². The summed E-state index contributed by atoms with van der Waals surface area (Å²) in [5.41, 5.74) is 1.52. The molecule has 0 N–H and O–H groups in total. The van der Waals surface area contributed by atoms with E-state index in [4.69, 9.17) is 0 Å². The van der Waals surface area contributed by atoms with E-state index in [0.717, 1.165) is 31.2 Å². The van der Waals surface area contributed by atoms with Gasteiger partial charge in [0, 0.05) is 57.2 Å². The van der Waals surface area contributed by atoms with Crippen molar-refractivity contribution in [1.82, 2.24) is 19.2 Å². The number of nitrogens with zero attached hydrogens (tertiary/aromatic N) is 5. The third-order valence-electron chi connectivity index (χ3n) is 6.12. The van der Waals surface area contributed by atoms with E-state index < -0.39 is 10.0 Å². The van der Waals surface area contributed by atoms with E-state index in [1.807, 2.05) is 23.8 Å². The Hall–Kier alpha value is -2.52. The van der Waals surface area contributed by atoms with E-state index in [2.05, 4.69) is 9.97 Å². The predicted molar refractivity (Wildman–Crippen MR) is 119 cm³/mol. The van der Waals surface area contributed by atoms with Gasteiger partial charge in [0.15, 0.2) is 0 Å². The molecule has 0 radical (unpaired) electrons. The van der Waals surface area contributed by atoms with Gasteiger partial charge in [0.1, 0.15) is 0 Å². The fourth-order valence-corrected chi connectivity index (χ4v) is 5.73. The Morgan fingerprint density at radius 1 is 1.03 bits per heavy atom. The largest absolute Gasteiger partial charge is 0.339 e. The summed E-state index contributed by atoms with van der Waals surface area (Å²) in [4.78, 5) is 26.0. The smallest absolute Gasteiger partial charge is 0.253 e. The Kier molecular flexibility index (Phi) is 6.24. The van der Waals surface area contributed by atoms with Gasteiger partial charge < -0.3 is 9.80 Å². The highest BCUT2D eigenvalue weighted by atomic mass is 32.2. The summed E-state index contributed by atoms with van der Waals surface area (Å²) in [6.07, 6.45) is 7.24. The molecule has 1 aromatic carbocycles. The second-order valence-corrected chi connectivity index (χ2v) is 10.3. The number of likely N-dealkylation sites (N-methyl/N-ethyl adjacent to an activating group) is 1. The molecule has 0 aliphatic carbocycles. The van der Waals surface area contributed by atoms with Crippen molar-refractivity contribution in [3.05, 3.63) is 47.8 Å². The number of amides is 1. The molecule has 0 saturated carbocycles. The van der Waals surface area contributed by atoms with E-state index in [-0.39, 0.29) is 16.8 Å². The van der Waals surface area contributed by atoms with Gasteiger partial charge in [-0.15, -0.1) is 0 Å². The molecule has 1 aromatic heterocycles. The van der Waals surface area contributed by atoms with Crippen LogP contribution in [0.1, 0.15) is 41.6 Å². The summed E-state index contributed by atoms with van der Waals surface area (Å²) in [7, 11) is -1.51. The SMILES string of the molecule is Cc1cnc(N(C)C2CCCN(C(=O)c3ccc(S(=O)(=O)N4CCCC4)cc3)C2)nc1. The normalized spacial score (nSPS) is 20.1. The van der Waals surface area contributed by atoms with E-state index in [1.54, 1.807) is 36.7 Å². The van der Waals surface area contributed by atoms with Crippen LogP contribution in [0.25, 0.3) is 0 Å². The van der Waals surface area contributed by atoms with Crippen LogP contribution in [0, 0.1) is 6.92 Å². The fraction of sp³-hybridized carbons (Fsp3) is 0.500. The molecule has 1 atom stereocenters. The Morgan fingerprint density at radius 2 is 1.68 bits per heavy atom. The van der Waals surface area contributed by atoms with E-state index in [9.17, 15) is 13.2 Å². The van der Waals surface area contributed by atoms with Gasteiger partial charge in [0.05, 0.1) is 4.90 Å². The summed E-state index contributed by atoms with van der Waals surface area (Å²) < 4.78 is 26.9. The molecule has 1 unspecified atom stereocenters. The van der Waals surface area contributed by atoms with Gasteiger partial charge in [0.2, 0.25) is 16.0 Å². The zero-order valence-electron chi connectivity index (χ0n) is 18.1. The second-order valence-electron chi connectivity index (χ2n) is 8.35. The minimum absolute atomic E-state index is 0.0759. The molecule has 166 valence electrons. The molecule has 2 fully saturated rings. The van der Waals surface area contributed by atoms with Crippen molar-refractivity contribution in [2.24, 2.45) is 0 Å². The molecule has 9 heteroatoms. The van der Waals surface area contributed by atoms with Gasteiger partial charge in [-0.25, -0.2) is 18.4 Å². The van der Waals surface area contributed by atoms with Crippen molar-refractivity contribution in [3.63, 3.8) is 0 Å². The van der Waals surface area contributed by atoms with Crippen LogP contribution < -0.4 is 4.90 Å². The third-order valence-corrected chi connectivity index (χ3v) is 8.03. The quantitative estimate of drug-likeness (QED) is 0.705. The molecule has 4 rings (SSSR count). The van der Waals surface area contributed by atoms with Gasteiger partial charge >= 0.3 is 0 Å². The Bertz CT molecular complexity index is 1020. The summed E-state index contributed by atoms with van der Waals surface area (Å²) in [5, 5.41) is 0. The highest BCUT2D eigenvalue weighted by molar-refractivity contribution is 7.89. The first kappa shape index (κ1) is 21.7. The van der Waals surface area contributed by atoms with Crippen molar-refractivity contribution < 1.29 is 13.2 Å². The number of hydrogen-bond donors (Lipinski definition) is 0. The standard InChI is InChI=1S/C22H29N5O3S/c1-17-14-23-22(24-15-17)25(2)19-6-5-11-26(16-19)21(28)18-7-9-20(10-8-18)31(29,30)27-12-3-4-13-27/h7-10,14-15,19H,3-6,11-13,16H2,1-2H3. The summed E-state index contributed by atoms with van der Waals surface area (Å²) in [6, 6.07) is 6.49. The van der Waals surface area contributed by atoms with Crippen LogP contribution in [0.15, 0.2) is 41.6 Å². The predicted octanol–water partition coefficient (Wildman–Crippen LogP) is 2.31. The highest BCUT2D eigenvalue weighted by Gasteiger charge is 2.30. The summed E-state index contributed by atoms with van der Waals surface area (Å²) in [6.45, 7) is 4.35. The molecule has 1 amide bonds. The first-order chi connectivity index (χ1) is 14.9. The molecular weight excluding hydrogens is 414 g/mol. The third kappa shape index (κ3) is 4.57. The molecule has 2 aliphatic rings. The monoisotopic (exact) mass is 443 g/mol. The zero-order valence-corrected chi connectivity index (χ0v) is 18.9. The number of likely N-dealkylation sites (tertiary alicyclic amines) is 1. The Morgan fingerprint density at radius 3 is 2.32 bits per heavy atom. The summed E-state index contributed by atoms with van der Waals surface area (Å²) in [5.74, 6) is 0.578. The van der Waals surface area contributed by atoms with Crippen molar-refractivity contribution in [3.8, 4) is 0 Å². The van der Waals surface area contributed by atoms with E-state index in [1.165, 1.54) is 4.31 Å². The number of rotatable bonds is 5. The maximum atomic E-state index is 13.1. The molecule has 2 saturated heterocycles. The summed E-state index contributed by atoms with van der Waals surface area (Å²) >= 11 is 0. The number of aryl methyl sites for hydroxylation is 1. The van der Waals surface area contributed by atoms with Crippen LogP contribution >= 0.6 is 0 Å². The zero-order chi connectivity index (χ0) is 22.0. The number of carbonyl (C=O) groups excluding carboxylic acids is 1. The van der Waals surface area contributed by atoms with E-state index >= 15 is 0 Å². The Labute approximate surface area is 183 Å². The van der Waals surface area contributed by atoms with Gasteiger partial charge in [-0.3, -0.25) is 4.79 Å². The average Bonchev–Trinajstić information content (AvgIpc) is 3.35. The molecule has 0 bridgehead atoms. The van der Waals surface area contributed by atoms with Crippen LogP contribution in [0.2, 0.25) is 0 Å². The number of piperidine rings is 1. The number of sulfonamides is 1. The van der Waals surface area contributed by atoms with Crippen molar-refractivity contribution >= 4 is 21.9 Å². The van der Waals surface area contributed by atoms with Crippen molar-refractivity contribution in [2.45, 2.75) is 43.5 Å². The molecule has 2 aliphatic heterocycles. The lowest BCUT2D eigenvalue weighted by atomic mass is 10.0. The number of aromatic nitrogens is 2. The van der Waals surface area contributed by atoms with Crippen LogP contribution in [-0.4, -0.2) is 72.8 Å². The molecule has 8 nitrogen and oxygen atoms in total. The second kappa shape index (κ2) is 8.92. The molecule has 31 heavy (non-hydrogen) atoms. The molecule has 0 spiro atoms. The van der Waals surface area contributed by atoms with Crippen molar-refractivity contribution in [2.75, 3.05) is 38.1 Å². The first-order valence-electron chi connectivity index (χ1n) is 10.8. The van der Waals surface area contributed by atoms with Crippen LogP contribution in [-0.2, 0) is 10.0 Å². The Balaban J connectivity index is 1.44. The molecular formula is C22H29N5O3S. The van der Waals surface area contributed by atoms with Crippen molar-refractivity contribution in [1.29, 1.82) is 0 Å². The average molecular weight is 444 g/mol. The number of hydrogen-bond acceptors (Lipinski definition) is 6. The lowest BCUT2D eigenvalue weighted by molar-refractivity contribution is 0.0707. The lowest BCUT2D eigenvalue weighted by Crippen LogP contribution is -2.49. The van der Waals surface area contributed by atoms with Gasteiger partial charge in [0.25, 0.3) is 5.91 Å². The van der Waals surface area contributed by atoms with E-state index in [0.29, 0.717) is 37.7 Å². The molecule has 3 heterocycles. The van der Waals surface area contributed by atoms with Crippen LogP contribution in [0.3, 0.4) is 0 Å². The minimum atomic E-state index is -3.47. The molecule has 2 aromatic rings. The van der Waals surface area contributed by atoms with Gasteiger partial charge in [-0.2, -0.15) is 4.31 Å². The maximum Gasteiger partial charge on any atom is 0.253 e. The lowest BCUT2D eigenvalue weighted by Gasteiger charge is -2.37. The van der Waals surface area contributed by atoms with Gasteiger partial charge in [-0.05, 0) is 62.4 Å². The maximum absolute atomic E-state index is 13.1.